The Morgan fingerprint density at radius 2 is 1.92 bits per heavy atom. The molecule has 24 heavy (non-hydrogen) atoms. The zero-order valence-electron chi connectivity index (χ0n) is 14.1. The molecule has 1 amide bonds. The number of amides is 1. The number of aryl methyl sites for hydroxylation is 2. The van der Waals surface area contributed by atoms with E-state index in [1.165, 1.54) is 0 Å². The highest BCUT2D eigenvalue weighted by molar-refractivity contribution is 6.32. The molecule has 0 bridgehead atoms. The second kappa shape index (κ2) is 8.60. The largest absolute Gasteiger partial charge is 0.491 e. The van der Waals surface area contributed by atoms with Gasteiger partial charge in [0.1, 0.15) is 18.1 Å². The molecule has 0 fully saturated rings. The van der Waals surface area contributed by atoms with E-state index in [-0.39, 0.29) is 5.91 Å². The van der Waals surface area contributed by atoms with Gasteiger partial charge in [-0.15, -0.1) is 0 Å². The van der Waals surface area contributed by atoms with E-state index in [4.69, 9.17) is 21.1 Å². The summed E-state index contributed by atoms with van der Waals surface area (Å²) in [6.45, 7) is 6.50. The first-order valence-corrected chi connectivity index (χ1v) is 8.24. The van der Waals surface area contributed by atoms with E-state index in [2.05, 4.69) is 5.32 Å². The van der Waals surface area contributed by atoms with E-state index in [0.29, 0.717) is 23.9 Å². The average molecular weight is 348 g/mol. The topological polar surface area (TPSA) is 47.6 Å². The first-order chi connectivity index (χ1) is 11.5. The summed E-state index contributed by atoms with van der Waals surface area (Å²) in [5.41, 5.74) is 2.21. The maximum atomic E-state index is 12.1. The van der Waals surface area contributed by atoms with Crippen molar-refractivity contribution in [3.63, 3.8) is 0 Å². The van der Waals surface area contributed by atoms with E-state index >= 15 is 0 Å². The summed E-state index contributed by atoms with van der Waals surface area (Å²) >= 11 is 6.02. The summed E-state index contributed by atoms with van der Waals surface area (Å²) in [5.74, 6) is 1.12. The summed E-state index contributed by atoms with van der Waals surface area (Å²) < 4.78 is 11.3. The predicted octanol–water partition coefficient (Wildman–Crippen LogP) is 3.92. The lowest BCUT2D eigenvalue weighted by atomic mass is 10.1. The van der Waals surface area contributed by atoms with E-state index in [1.54, 1.807) is 19.1 Å². The van der Waals surface area contributed by atoms with Gasteiger partial charge in [0.15, 0.2) is 6.10 Å². The average Bonchev–Trinajstić information content (AvgIpc) is 2.56. The number of benzene rings is 2. The molecule has 1 atom stereocenters. The molecule has 0 aliphatic carbocycles. The molecule has 0 spiro atoms. The van der Waals surface area contributed by atoms with Crippen molar-refractivity contribution in [1.29, 1.82) is 0 Å². The van der Waals surface area contributed by atoms with E-state index in [1.807, 2.05) is 44.2 Å². The van der Waals surface area contributed by atoms with Gasteiger partial charge in [-0.1, -0.05) is 35.9 Å². The van der Waals surface area contributed by atoms with Crippen molar-refractivity contribution < 1.29 is 14.3 Å². The fourth-order valence-electron chi connectivity index (χ4n) is 2.13. The van der Waals surface area contributed by atoms with Gasteiger partial charge < -0.3 is 14.8 Å². The van der Waals surface area contributed by atoms with Crippen molar-refractivity contribution in [3.05, 3.63) is 58.6 Å². The Morgan fingerprint density at radius 3 is 2.67 bits per heavy atom. The molecule has 0 heterocycles. The number of ether oxygens (including phenoxy) is 2. The summed E-state index contributed by atoms with van der Waals surface area (Å²) in [4.78, 5) is 12.1. The second-order valence-electron chi connectivity index (χ2n) is 5.60. The zero-order valence-corrected chi connectivity index (χ0v) is 14.9. The Bertz CT molecular complexity index is 703. The molecule has 2 rings (SSSR count). The lowest BCUT2D eigenvalue weighted by molar-refractivity contribution is -0.127. The van der Waals surface area contributed by atoms with Crippen LogP contribution in [-0.4, -0.2) is 25.2 Å². The number of carbonyl (C=O) groups excluding carboxylic acids is 1. The van der Waals surface area contributed by atoms with Crippen LogP contribution in [0.15, 0.2) is 42.5 Å². The molecule has 0 aliphatic rings. The van der Waals surface area contributed by atoms with Crippen LogP contribution in [0.25, 0.3) is 0 Å². The number of halogens is 1. The zero-order chi connectivity index (χ0) is 17.5. The fourth-order valence-corrected chi connectivity index (χ4v) is 2.31. The minimum absolute atomic E-state index is 0.209. The van der Waals surface area contributed by atoms with E-state index < -0.39 is 6.10 Å². The number of nitrogens with one attached hydrogen (secondary N) is 1. The van der Waals surface area contributed by atoms with Crippen LogP contribution < -0.4 is 14.8 Å². The van der Waals surface area contributed by atoms with E-state index in [0.717, 1.165) is 16.9 Å². The van der Waals surface area contributed by atoms with Crippen molar-refractivity contribution in [2.24, 2.45) is 0 Å². The molecule has 0 aliphatic heterocycles. The molecule has 0 radical (unpaired) electrons. The SMILES string of the molecule is Cc1ccc(C)c(OCCNC(=O)C(C)Oc2ccccc2Cl)c1. The quantitative estimate of drug-likeness (QED) is 0.772. The van der Waals surface area contributed by atoms with Crippen LogP contribution in [0.4, 0.5) is 0 Å². The smallest absolute Gasteiger partial charge is 0.260 e. The summed E-state index contributed by atoms with van der Waals surface area (Å²) in [7, 11) is 0. The minimum Gasteiger partial charge on any atom is -0.491 e. The van der Waals surface area contributed by atoms with Crippen LogP contribution in [-0.2, 0) is 4.79 Å². The van der Waals surface area contributed by atoms with Crippen LogP contribution in [0.2, 0.25) is 5.02 Å². The monoisotopic (exact) mass is 347 g/mol. The third-order valence-corrected chi connectivity index (χ3v) is 3.82. The van der Waals surface area contributed by atoms with Gasteiger partial charge >= 0.3 is 0 Å². The number of hydrogen-bond acceptors (Lipinski definition) is 3. The summed E-state index contributed by atoms with van der Waals surface area (Å²) in [5, 5.41) is 3.28. The van der Waals surface area contributed by atoms with Crippen LogP contribution in [0.1, 0.15) is 18.1 Å². The Hall–Kier alpha value is -2.20. The summed E-state index contributed by atoms with van der Waals surface area (Å²) in [6, 6.07) is 13.1. The molecule has 2 aromatic rings. The van der Waals surface area contributed by atoms with Crippen LogP contribution >= 0.6 is 11.6 Å². The normalized spacial score (nSPS) is 11.7. The molecule has 1 N–H and O–H groups in total. The first kappa shape index (κ1) is 18.1. The van der Waals surface area contributed by atoms with Gasteiger partial charge in [-0.25, -0.2) is 0 Å². The lowest BCUT2D eigenvalue weighted by Gasteiger charge is -2.16. The van der Waals surface area contributed by atoms with Crippen LogP contribution in [0, 0.1) is 13.8 Å². The number of rotatable bonds is 7. The first-order valence-electron chi connectivity index (χ1n) is 7.86. The molecule has 128 valence electrons. The highest BCUT2D eigenvalue weighted by atomic mass is 35.5. The molecule has 0 aromatic heterocycles. The molecule has 5 heteroatoms. The van der Waals surface area contributed by atoms with Gasteiger partial charge in [-0.2, -0.15) is 0 Å². The van der Waals surface area contributed by atoms with Gasteiger partial charge in [0, 0.05) is 0 Å². The lowest BCUT2D eigenvalue weighted by Crippen LogP contribution is -2.38. The van der Waals surface area contributed by atoms with Crippen LogP contribution in [0.3, 0.4) is 0 Å². The molecular weight excluding hydrogens is 326 g/mol. The fraction of sp³-hybridized carbons (Fsp3) is 0.316. The molecule has 1 unspecified atom stereocenters. The third kappa shape index (κ3) is 5.17. The van der Waals surface area contributed by atoms with Gasteiger partial charge in [0.2, 0.25) is 0 Å². The highest BCUT2D eigenvalue weighted by Crippen LogP contribution is 2.24. The Morgan fingerprint density at radius 1 is 1.17 bits per heavy atom. The Kier molecular flexibility index (Phi) is 6.50. The standard InChI is InChI=1S/C19H22ClNO3/c1-13-8-9-14(2)18(12-13)23-11-10-21-19(22)15(3)24-17-7-5-4-6-16(17)20/h4-9,12,15H,10-11H2,1-3H3,(H,21,22). The second-order valence-corrected chi connectivity index (χ2v) is 6.01. The summed E-state index contributed by atoms with van der Waals surface area (Å²) in [6.07, 6.45) is -0.634. The maximum absolute atomic E-state index is 12.1. The third-order valence-electron chi connectivity index (χ3n) is 3.51. The Balaban J connectivity index is 1.76. The van der Waals surface area contributed by atoms with Crippen molar-refractivity contribution >= 4 is 17.5 Å². The predicted molar refractivity (Wildman–Crippen MR) is 96.0 cm³/mol. The number of para-hydroxylation sites is 1. The van der Waals surface area contributed by atoms with Gasteiger partial charge in [0.25, 0.3) is 5.91 Å². The molecule has 0 saturated carbocycles. The van der Waals surface area contributed by atoms with E-state index in [9.17, 15) is 4.79 Å². The van der Waals surface area contributed by atoms with Gasteiger partial charge in [-0.05, 0) is 50.1 Å². The van der Waals surface area contributed by atoms with Crippen molar-refractivity contribution in [2.45, 2.75) is 26.9 Å². The molecule has 0 saturated heterocycles. The Labute approximate surface area is 147 Å². The number of hydrogen-bond donors (Lipinski definition) is 1. The minimum atomic E-state index is -0.634. The number of carbonyl (C=O) groups is 1. The molecule has 2 aromatic carbocycles. The maximum Gasteiger partial charge on any atom is 0.260 e. The van der Waals surface area contributed by atoms with Crippen molar-refractivity contribution in [1.82, 2.24) is 5.32 Å². The van der Waals surface area contributed by atoms with Crippen molar-refractivity contribution in [2.75, 3.05) is 13.2 Å². The van der Waals surface area contributed by atoms with Gasteiger partial charge in [-0.3, -0.25) is 4.79 Å². The van der Waals surface area contributed by atoms with Crippen LogP contribution in [0.5, 0.6) is 11.5 Å². The molecule has 4 nitrogen and oxygen atoms in total. The van der Waals surface area contributed by atoms with Gasteiger partial charge in [0.05, 0.1) is 11.6 Å². The highest BCUT2D eigenvalue weighted by Gasteiger charge is 2.15. The van der Waals surface area contributed by atoms with Crippen molar-refractivity contribution in [3.8, 4) is 11.5 Å². The molecular formula is C19H22ClNO3.